The molecule has 0 bridgehead atoms. The summed E-state index contributed by atoms with van der Waals surface area (Å²) in [4.78, 5) is 26.5. The zero-order valence-corrected chi connectivity index (χ0v) is 17.0. The van der Waals surface area contributed by atoms with Gasteiger partial charge in [0, 0.05) is 36.1 Å². The lowest BCUT2D eigenvalue weighted by atomic mass is 9.97. The molecule has 1 N–H and O–H groups in total. The van der Waals surface area contributed by atoms with Crippen LogP contribution in [0.15, 0.2) is 24.3 Å². The Hall–Kier alpha value is -1.99. The molecule has 2 heterocycles. The van der Waals surface area contributed by atoms with E-state index in [9.17, 15) is 9.59 Å². The Kier molecular flexibility index (Phi) is 6.44. The first-order valence-corrected chi connectivity index (χ1v) is 10.3. The van der Waals surface area contributed by atoms with Gasteiger partial charge in [-0.2, -0.15) is 0 Å². The maximum absolute atomic E-state index is 12.4. The third-order valence-electron chi connectivity index (χ3n) is 4.50. The fourth-order valence-electron chi connectivity index (χ4n) is 3.10. The van der Waals surface area contributed by atoms with Gasteiger partial charge in [0.05, 0.1) is 0 Å². The molecule has 1 fully saturated rings. The van der Waals surface area contributed by atoms with Crippen LogP contribution < -0.4 is 5.32 Å². The average molecular weight is 407 g/mol. The minimum atomic E-state index is -0.287. The quantitative estimate of drug-likeness (QED) is 0.807. The lowest BCUT2D eigenvalue weighted by molar-refractivity contribution is -0.133. The van der Waals surface area contributed by atoms with Crippen LogP contribution in [-0.4, -0.2) is 40.0 Å². The van der Waals surface area contributed by atoms with Gasteiger partial charge in [0.1, 0.15) is 5.01 Å². The summed E-state index contributed by atoms with van der Waals surface area (Å²) in [6.07, 6.45) is 2.31. The number of benzene rings is 1. The van der Waals surface area contributed by atoms with Crippen molar-refractivity contribution >= 4 is 40.4 Å². The highest BCUT2D eigenvalue weighted by atomic mass is 35.5. The number of piperidine rings is 1. The summed E-state index contributed by atoms with van der Waals surface area (Å²) in [6.45, 7) is 5.59. The van der Waals surface area contributed by atoms with Gasteiger partial charge in [-0.3, -0.25) is 9.59 Å². The number of carbonyl (C=O) groups is 2. The number of hydrogen-bond acceptors (Lipinski definition) is 5. The maximum Gasteiger partial charge on any atom is 0.286 e. The van der Waals surface area contributed by atoms with Gasteiger partial charge < -0.3 is 10.2 Å². The number of carbonyl (C=O) groups excluding carboxylic acids is 2. The van der Waals surface area contributed by atoms with E-state index in [4.69, 9.17) is 11.6 Å². The molecule has 1 aliphatic heterocycles. The van der Waals surface area contributed by atoms with E-state index in [0.29, 0.717) is 28.1 Å². The average Bonchev–Trinajstić information content (AvgIpc) is 3.11. The van der Waals surface area contributed by atoms with Crippen LogP contribution in [0.3, 0.4) is 0 Å². The fourth-order valence-corrected chi connectivity index (χ4v) is 4.19. The van der Waals surface area contributed by atoms with Crippen LogP contribution in [0, 0.1) is 5.92 Å². The molecule has 6 nitrogen and oxygen atoms in total. The van der Waals surface area contributed by atoms with Crippen LogP contribution in [0.25, 0.3) is 0 Å². The number of nitrogens with zero attached hydrogens (tertiary/aromatic N) is 3. The van der Waals surface area contributed by atoms with Crippen LogP contribution in [0.2, 0.25) is 5.02 Å². The molecule has 8 heteroatoms. The summed E-state index contributed by atoms with van der Waals surface area (Å²) in [5.74, 6) is 0.560. The minimum Gasteiger partial charge on any atom is -0.343 e. The van der Waals surface area contributed by atoms with Crippen molar-refractivity contribution in [2.75, 3.05) is 18.4 Å². The predicted molar refractivity (Wildman–Crippen MR) is 107 cm³/mol. The van der Waals surface area contributed by atoms with Gasteiger partial charge in [0.25, 0.3) is 5.91 Å². The standard InChI is InChI=1S/C19H23ClN4O2S/c1-12(2)10-16(25)24-8-6-13(7-9-24)18-22-23-19(27-18)17(26)21-15-5-3-4-14(20)11-15/h3-5,11-13H,6-10H2,1-2H3,(H,21,26). The van der Waals surface area contributed by atoms with E-state index in [2.05, 4.69) is 29.4 Å². The number of hydrogen-bond donors (Lipinski definition) is 1. The first kappa shape index (κ1) is 19.8. The number of likely N-dealkylation sites (tertiary alicyclic amines) is 1. The molecule has 1 aromatic heterocycles. The van der Waals surface area contributed by atoms with Crippen LogP contribution in [0.1, 0.15) is 53.8 Å². The number of rotatable bonds is 5. The summed E-state index contributed by atoms with van der Waals surface area (Å²) < 4.78 is 0. The first-order valence-electron chi connectivity index (χ1n) is 9.10. The van der Waals surface area contributed by atoms with Gasteiger partial charge in [-0.1, -0.05) is 42.9 Å². The molecule has 1 aromatic carbocycles. The van der Waals surface area contributed by atoms with Crippen molar-refractivity contribution in [3.8, 4) is 0 Å². The molecule has 27 heavy (non-hydrogen) atoms. The highest BCUT2D eigenvalue weighted by Crippen LogP contribution is 2.31. The lowest BCUT2D eigenvalue weighted by Gasteiger charge is -2.31. The molecule has 2 amide bonds. The molecule has 0 aliphatic carbocycles. The van der Waals surface area contributed by atoms with Gasteiger partial charge in [-0.25, -0.2) is 0 Å². The van der Waals surface area contributed by atoms with Crippen LogP contribution >= 0.6 is 22.9 Å². The summed E-state index contributed by atoms with van der Waals surface area (Å²) in [6, 6.07) is 6.98. The molecule has 144 valence electrons. The second-order valence-corrected chi connectivity index (χ2v) is 8.61. The monoisotopic (exact) mass is 406 g/mol. The Labute approximate surface area is 167 Å². The molecule has 0 unspecified atom stereocenters. The SMILES string of the molecule is CC(C)CC(=O)N1CCC(c2nnc(C(=O)Nc3cccc(Cl)c3)s2)CC1. The van der Waals surface area contributed by atoms with Gasteiger partial charge >= 0.3 is 0 Å². The van der Waals surface area contributed by atoms with Gasteiger partial charge in [0.2, 0.25) is 10.9 Å². The lowest BCUT2D eigenvalue weighted by Crippen LogP contribution is -2.38. The minimum absolute atomic E-state index is 0.224. The molecular formula is C19H23ClN4O2S. The number of amides is 2. The fraction of sp³-hybridized carbons (Fsp3) is 0.474. The molecular weight excluding hydrogens is 384 g/mol. The van der Waals surface area contributed by atoms with Crippen molar-refractivity contribution in [1.82, 2.24) is 15.1 Å². The van der Waals surface area contributed by atoms with Crippen LogP contribution in [0.4, 0.5) is 5.69 Å². The topological polar surface area (TPSA) is 75.2 Å². The Morgan fingerprint density at radius 1 is 1.30 bits per heavy atom. The number of aromatic nitrogens is 2. The van der Waals surface area contributed by atoms with Crippen LogP contribution in [0.5, 0.6) is 0 Å². The van der Waals surface area contributed by atoms with Crippen molar-refractivity contribution in [2.24, 2.45) is 5.92 Å². The van der Waals surface area contributed by atoms with E-state index in [-0.39, 0.29) is 17.7 Å². The Morgan fingerprint density at radius 3 is 2.70 bits per heavy atom. The highest BCUT2D eigenvalue weighted by Gasteiger charge is 2.27. The van der Waals surface area contributed by atoms with Gasteiger partial charge in [-0.15, -0.1) is 10.2 Å². The first-order chi connectivity index (χ1) is 12.9. The van der Waals surface area contributed by atoms with E-state index >= 15 is 0 Å². The van der Waals surface area contributed by atoms with Gasteiger partial charge in [0.15, 0.2) is 0 Å². The zero-order chi connectivity index (χ0) is 19.4. The summed E-state index contributed by atoms with van der Waals surface area (Å²) in [5.41, 5.74) is 0.626. The van der Waals surface area contributed by atoms with E-state index in [0.717, 1.165) is 30.9 Å². The molecule has 0 saturated carbocycles. The van der Waals surface area contributed by atoms with E-state index < -0.39 is 0 Å². The Balaban J connectivity index is 1.56. The third-order valence-corrected chi connectivity index (χ3v) is 5.82. The second-order valence-electron chi connectivity index (χ2n) is 7.16. The summed E-state index contributed by atoms with van der Waals surface area (Å²) >= 11 is 7.26. The largest absolute Gasteiger partial charge is 0.343 e. The molecule has 2 aromatic rings. The van der Waals surface area contributed by atoms with E-state index in [1.807, 2.05) is 4.90 Å². The van der Waals surface area contributed by atoms with Crippen molar-refractivity contribution in [3.63, 3.8) is 0 Å². The van der Waals surface area contributed by atoms with Crippen LogP contribution in [-0.2, 0) is 4.79 Å². The number of halogens is 1. The highest BCUT2D eigenvalue weighted by molar-refractivity contribution is 7.13. The van der Waals surface area contributed by atoms with Gasteiger partial charge in [-0.05, 0) is 37.0 Å². The third kappa shape index (κ3) is 5.26. The molecule has 0 spiro atoms. The molecule has 1 saturated heterocycles. The maximum atomic E-state index is 12.4. The molecule has 0 radical (unpaired) electrons. The van der Waals surface area contributed by atoms with Crippen molar-refractivity contribution in [3.05, 3.63) is 39.3 Å². The molecule has 1 aliphatic rings. The van der Waals surface area contributed by atoms with Crippen molar-refractivity contribution < 1.29 is 9.59 Å². The van der Waals surface area contributed by atoms with Crippen molar-refractivity contribution in [2.45, 2.75) is 39.0 Å². The Bertz CT molecular complexity index is 816. The molecule has 0 atom stereocenters. The van der Waals surface area contributed by atoms with E-state index in [1.54, 1.807) is 24.3 Å². The summed E-state index contributed by atoms with van der Waals surface area (Å²) in [7, 11) is 0. The second kappa shape index (κ2) is 8.80. The zero-order valence-electron chi connectivity index (χ0n) is 15.4. The smallest absolute Gasteiger partial charge is 0.286 e. The molecule has 3 rings (SSSR count). The Morgan fingerprint density at radius 2 is 2.04 bits per heavy atom. The predicted octanol–water partition coefficient (Wildman–Crippen LogP) is 4.20. The van der Waals surface area contributed by atoms with Crippen molar-refractivity contribution in [1.29, 1.82) is 0 Å². The summed E-state index contributed by atoms with van der Waals surface area (Å²) in [5, 5.41) is 12.8. The number of anilines is 1. The number of nitrogens with one attached hydrogen (secondary N) is 1. The normalized spacial score (nSPS) is 15.2. The van der Waals surface area contributed by atoms with E-state index in [1.165, 1.54) is 11.3 Å².